The topological polar surface area (TPSA) is 90.5 Å². The number of ether oxygens (including phenoxy) is 1. The van der Waals surface area contributed by atoms with Crippen molar-refractivity contribution >= 4 is 5.97 Å². The average Bonchev–Trinajstić information content (AvgIpc) is 2.38. The number of aryl methyl sites for hydroxylation is 1. The molecule has 1 aromatic heterocycles. The molecule has 0 amide bonds. The van der Waals surface area contributed by atoms with Gasteiger partial charge in [0.05, 0.1) is 25.7 Å². The molecule has 1 atom stereocenters. The summed E-state index contributed by atoms with van der Waals surface area (Å²) in [6.45, 7) is 4.07. The molecule has 0 radical (unpaired) electrons. The zero-order valence-corrected chi connectivity index (χ0v) is 11.7. The minimum atomic E-state index is -1.13. The third-order valence-electron chi connectivity index (χ3n) is 2.71. The van der Waals surface area contributed by atoms with E-state index in [4.69, 9.17) is 4.74 Å². The van der Waals surface area contributed by atoms with Gasteiger partial charge < -0.3 is 14.4 Å². The summed E-state index contributed by atoms with van der Waals surface area (Å²) in [5, 5.41) is 9.76. The number of carbonyl (C=O) groups excluding carboxylic acids is 1. The molecule has 1 rings (SSSR count). The van der Waals surface area contributed by atoms with Crippen molar-refractivity contribution in [2.75, 3.05) is 6.61 Å². The fourth-order valence-corrected chi connectivity index (χ4v) is 1.82. The van der Waals surface area contributed by atoms with E-state index in [0.717, 1.165) is 11.0 Å². The molecule has 1 aromatic rings. The van der Waals surface area contributed by atoms with Gasteiger partial charge in [0.25, 0.3) is 5.56 Å². The van der Waals surface area contributed by atoms with E-state index >= 15 is 0 Å². The molecule has 0 spiro atoms. The van der Waals surface area contributed by atoms with Gasteiger partial charge in [-0.15, -0.1) is 0 Å². The molecule has 0 aromatic carbocycles. The monoisotopic (exact) mass is 284 g/mol. The second-order valence-corrected chi connectivity index (χ2v) is 4.40. The summed E-state index contributed by atoms with van der Waals surface area (Å²) >= 11 is 0. The second kappa shape index (κ2) is 7.64. The van der Waals surface area contributed by atoms with E-state index in [1.165, 1.54) is 16.8 Å². The maximum atomic E-state index is 12.0. The van der Waals surface area contributed by atoms with Gasteiger partial charge in [-0.1, -0.05) is 6.92 Å². The van der Waals surface area contributed by atoms with Crippen LogP contribution in [0, 0.1) is 0 Å². The fraction of sp³-hybridized carbons (Fsp3) is 0.615. The summed E-state index contributed by atoms with van der Waals surface area (Å²) in [5.41, 5.74) is -0.979. The lowest BCUT2D eigenvalue weighted by Gasteiger charge is -2.13. The third-order valence-corrected chi connectivity index (χ3v) is 2.71. The summed E-state index contributed by atoms with van der Waals surface area (Å²) < 4.78 is 7.03. The Kier molecular flexibility index (Phi) is 6.17. The van der Waals surface area contributed by atoms with Crippen molar-refractivity contribution in [1.82, 2.24) is 9.13 Å². The first-order chi connectivity index (χ1) is 9.49. The maximum absolute atomic E-state index is 12.0. The fourth-order valence-electron chi connectivity index (χ4n) is 1.82. The first-order valence-electron chi connectivity index (χ1n) is 6.63. The summed E-state index contributed by atoms with van der Waals surface area (Å²) in [4.78, 5) is 34.9. The molecule has 112 valence electrons. The van der Waals surface area contributed by atoms with Gasteiger partial charge in [-0.05, 0) is 13.3 Å². The van der Waals surface area contributed by atoms with Crippen molar-refractivity contribution in [3.8, 4) is 0 Å². The van der Waals surface area contributed by atoms with Crippen LogP contribution in [0.2, 0.25) is 0 Å². The number of rotatable bonds is 7. The lowest BCUT2D eigenvalue weighted by atomic mass is 10.2. The smallest absolute Gasteiger partial charge is 0.331 e. The molecular weight excluding hydrogens is 264 g/mol. The van der Waals surface area contributed by atoms with Gasteiger partial charge in [0.15, 0.2) is 0 Å². The van der Waals surface area contributed by atoms with E-state index < -0.39 is 23.3 Å². The van der Waals surface area contributed by atoms with Crippen LogP contribution in [-0.4, -0.2) is 32.9 Å². The Morgan fingerprint density at radius 3 is 2.70 bits per heavy atom. The molecule has 0 aliphatic carbocycles. The Balaban J connectivity index is 2.86. The van der Waals surface area contributed by atoms with E-state index in [2.05, 4.69) is 0 Å². The molecule has 7 nitrogen and oxygen atoms in total. The van der Waals surface area contributed by atoms with Gasteiger partial charge in [-0.25, -0.2) is 4.79 Å². The highest BCUT2D eigenvalue weighted by Gasteiger charge is 2.15. The predicted molar refractivity (Wildman–Crippen MR) is 72.5 cm³/mol. The van der Waals surface area contributed by atoms with Crippen molar-refractivity contribution in [2.45, 2.75) is 45.9 Å². The van der Waals surface area contributed by atoms with Crippen molar-refractivity contribution in [3.05, 3.63) is 33.1 Å². The Bertz CT molecular complexity index is 561. The van der Waals surface area contributed by atoms with E-state index in [9.17, 15) is 19.5 Å². The van der Waals surface area contributed by atoms with Gasteiger partial charge in [-0.2, -0.15) is 0 Å². The number of esters is 1. The maximum Gasteiger partial charge on any atom is 0.331 e. The number of aliphatic hydroxyl groups excluding tert-OH is 1. The number of hydrogen-bond donors (Lipinski definition) is 1. The van der Waals surface area contributed by atoms with Crippen LogP contribution in [0.1, 0.15) is 26.7 Å². The largest absolute Gasteiger partial charge is 0.466 e. The minimum absolute atomic E-state index is 0.221. The normalized spacial score (nSPS) is 12.2. The van der Waals surface area contributed by atoms with Crippen LogP contribution >= 0.6 is 0 Å². The summed E-state index contributed by atoms with van der Waals surface area (Å²) in [6.07, 6.45) is 0.811. The van der Waals surface area contributed by atoms with Crippen LogP contribution in [0.4, 0.5) is 0 Å². The highest BCUT2D eigenvalue weighted by atomic mass is 16.5. The molecule has 1 heterocycles. The zero-order valence-electron chi connectivity index (χ0n) is 11.7. The Hall–Kier alpha value is -1.89. The Labute approximate surface area is 116 Å². The van der Waals surface area contributed by atoms with Crippen LogP contribution in [0.25, 0.3) is 0 Å². The number of carbonyl (C=O) groups is 1. The van der Waals surface area contributed by atoms with Gasteiger partial charge in [0, 0.05) is 18.8 Å². The van der Waals surface area contributed by atoms with Crippen LogP contribution in [0.5, 0.6) is 0 Å². The molecule has 0 aliphatic rings. The highest BCUT2D eigenvalue weighted by molar-refractivity contribution is 5.69. The van der Waals surface area contributed by atoms with Crippen LogP contribution in [0.3, 0.4) is 0 Å². The number of hydrogen-bond acceptors (Lipinski definition) is 5. The van der Waals surface area contributed by atoms with Crippen LogP contribution < -0.4 is 11.2 Å². The van der Waals surface area contributed by atoms with E-state index in [1.807, 2.05) is 6.92 Å². The van der Waals surface area contributed by atoms with E-state index in [0.29, 0.717) is 6.54 Å². The SMILES string of the molecule is CCCn1ccc(=O)n(CC(O)CC(=O)OCC)c1=O. The predicted octanol–water partition coefficient (Wildman–Crippen LogP) is -0.266. The molecule has 7 heteroatoms. The molecule has 0 fully saturated rings. The summed E-state index contributed by atoms with van der Waals surface area (Å²) in [6, 6.07) is 1.27. The lowest BCUT2D eigenvalue weighted by Crippen LogP contribution is -2.42. The Morgan fingerprint density at radius 1 is 1.40 bits per heavy atom. The van der Waals surface area contributed by atoms with E-state index in [-0.39, 0.29) is 19.6 Å². The zero-order chi connectivity index (χ0) is 15.1. The van der Waals surface area contributed by atoms with Crippen molar-refractivity contribution in [1.29, 1.82) is 0 Å². The van der Waals surface area contributed by atoms with Crippen molar-refractivity contribution < 1.29 is 14.6 Å². The van der Waals surface area contributed by atoms with Gasteiger partial charge in [0.1, 0.15) is 0 Å². The quantitative estimate of drug-likeness (QED) is 0.696. The van der Waals surface area contributed by atoms with Crippen LogP contribution in [0.15, 0.2) is 21.9 Å². The van der Waals surface area contributed by atoms with E-state index in [1.54, 1.807) is 6.92 Å². The minimum Gasteiger partial charge on any atom is -0.466 e. The number of aliphatic hydroxyl groups is 1. The second-order valence-electron chi connectivity index (χ2n) is 4.40. The van der Waals surface area contributed by atoms with Gasteiger partial charge in [-0.3, -0.25) is 14.2 Å². The van der Waals surface area contributed by atoms with Gasteiger partial charge >= 0.3 is 11.7 Å². The molecule has 20 heavy (non-hydrogen) atoms. The Morgan fingerprint density at radius 2 is 2.10 bits per heavy atom. The molecule has 0 saturated heterocycles. The summed E-state index contributed by atoms with van der Waals surface area (Å²) in [7, 11) is 0. The summed E-state index contributed by atoms with van der Waals surface area (Å²) in [5.74, 6) is -0.558. The average molecular weight is 284 g/mol. The molecular formula is C13H20N2O5. The third kappa shape index (κ3) is 4.34. The molecule has 1 N–H and O–H groups in total. The molecule has 0 saturated carbocycles. The molecule has 0 bridgehead atoms. The first-order valence-corrected chi connectivity index (χ1v) is 6.63. The molecule has 0 aliphatic heterocycles. The number of aromatic nitrogens is 2. The lowest BCUT2D eigenvalue weighted by molar-refractivity contribution is -0.145. The standard InChI is InChI=1S/C13H20N2O5/c1-3-6-14-7-5-11(17)15(13(14)19)9-10(16)8-12(18)20-4-2/h5,7,10,16H,3-4,6,8-9H2,1-2H3. The molecule has 1 unspecified atom stereocenters. The van der Waals surface area contributed by atoms with Gasteiger partial charge in [0.2, 0.25) is 0 Å². The first kappa shape index (κ1) is 16.2. The van der Waals surface area contributed by atoms with Crippen molar-refractivity contribution in [3.63, 3.8) is 0 Å². The number of nitrogens with zero attached hydrogens (tertiary/aromatic N) is 2. The van der Waals surface area contributed by atoms with Crippen molar-refractivity contribution in [2.24, 2.45) is 0 Å². The highest BCUT2D eigenvalue weighted by Crippen LogP contribution is 1.97. The van der Waals surface area contributed by atoms with Crippen LogP contribution in [-0.2, 0) is 22.6 Å².